The van der Waals surface area contributed by atoms with Crippen LogP contribution in [-0.2, 0) is 23.5 Å². The number of hydrogen-bond acceptors (Lipinski definition) is 5. The van der Waals surface area contributed by atoms with Crippen LogP contribution >= 0.6 is 0 Å². The molecule has 1 unspecified atom stereocenters. The molecule has 5 nitrogen and oxygen atoms in total. The van der Waals surface area contributed by atoms with E-state index in [1.807, 2.05) is 0 Å². The van der Waals surface area contributed by atoms with Gasteiger partial charge in [-0.25, -0.2) is 0 Å². The first-order valence-electron chi connectivity index (χ1n) is 4.49. The Kier molecular flexibility index (Phi) is 6.64. The molecule has 0 heterocycles. The lowest BCUT2D eigenvalue weighted by atomic mass is 10.2. The SMILES string of the molecule is C=CCC(O[SiH3])C(OC(C)=O)OC(C)=O. The molecule has 0 N–H and O–H groups in total. The highest BCUT2D eigenvalue weighted by atomic mass is 28.2. The van der Waals surface area contributed by atoms with Gasteiger partial charge in [-0.3, -0.25) is 9.59 Å². The van der Waals surface area contributed by atoms with Crippen LogP contribution in [0.2, 0.25) is 0 Å². The molecule has 0 aliphatic heterocycles. The smallest absolute Gasteiger partial charge is 0.305 e. The Morgan fingerprint density at radius 3 is 2.07 bits per heavy atom. The van der Waals surface area contributed by atoms with Crippen molar-refractivity contribution in [2.75, 3.05) is 0 Å². The van der Waals surface area contributed by atoms with E-state index in [9.17, 15) is 9.59 Å². The van der Waals surface area contributed by atoms with Crippen LogP contribution in [0.1, 0.15) is 20.3 Å². The normalized spacial score (nSPS) is 12.2. The molecule has 0 aromatic rings. The van der Waals surface area contributed by atoms with Crippen LogP contribution in [0.15, 0.2) is 12.7 Å². The van der Waals surface area contributed by atoms with Crippen molar-refractivity contribution >= 4 is 22.4 Å². The van der Waals surface area contributed by atoms with E-state index >= 15 is 0 Å². The highest BCUT2D eigenvalue weighted by Gasteiger charge is 2.25. The average Bonchev–Trinajstić information content (AvgIpc) is 2.11. The van der Waals surface area contributed by atoms with Crippen LogP contribution in [-0.4, -0.2) is 34.8 Å². The molecule has 0 aliphatic carbocycles. The van der Waals surface area contributed by atoms with E-state index in [0.29, 0.717) is 16.9 Å². The third-order valence-electron chi connectivity index (χ3n) is 1.57. The fraction of sp³-hybridized carbons (Fsp3) is 0.556. The van der Waals surface area contributed by atoms with Gasteiger partial charge in [0.2, 0.25) is 0 Å². The monoisotopic (exact) mass is 232 g/mol. The Balaban J connectivity index is 4.48. The summed E-state index contributed by atoms with van der Waals surface area (Å²) in [7, 11) is 0.455. The lowest BCUT2D eigenvalue weighted by Gasteiger charge is -2.24. The zero-order valence-corrected chi connectivity index (χ0v) is 11.2. The van der Waals surface area contributed by atoms with Gasteiger partial charge in [0.05, 0.1) is 0 Å². The average molecular weight is 232 g/mol. The molecule has 0 aromatic heterocycles. The molecule has 1 atom stereocenters. The molecule has 0 amide bonds. The highest BCUT2D eigenvalue weighted by molar-refractivity contribution is 5.98. The van der Waals surface area contributed by atoms with E-state index in [0.717, 1.165) is 0 Å². The summed E-state index contributed by atoms with van der Waals surface area (Å²) >= 11 is 0. The lowest BCUT2D eigenvalue weighted by Crippen LogP contribution is -2.36. The van der Waals surface area contributed by atoms with E-state index in [1.54, 1.807) is 6.08 Å². The van der Waals surface area contributed by atoms with E-state index in [2.05, 4.69) is 6.58 Å². The second-order valence-corrected chi connectivity index (χ2v) is 3.36. The van der Waals surface area contributed by atoms with Crippen molar-refractivity contribution in [3.05, 3.63) is 12.7 Å². The molecule has 86 valence electrons. The minimum absolute atomic E-state index is 0.453. The Morgan fingerprint density at radius 1 is 1.33 bits per heavy atom. The van der Waals surface area contributed by atoms with Crippen molar-refractivity contribution in [3.63, 3.8) is 0 Å². The molecule has 0 spiro atoms. The van der Waals surface area contributed by atoms with Gasteiger partial charge in [-0.2, -0.15) is 0 Å². The topological polar surface area (TPSA) is 61.8 Å². The van der Waals surface area contributed by atoms with Crippen molar-refractivity contribution < 1.29 is 23.5 Å². The maximum absolute atomic E-state index is 10.8. The molecular formula is C9H16O5Si. The molecule has 15 heavy (non-hydrogen) atoms. The van der Waals surface area contributed by atoms with Gasteiger partial charge in [0, 0.05) is 13.8 Å². The molecular weight excluding hydrogens is 216 g/mol. The molecule has 0 bridgehead atoms. The van der Waals surface area contributed by atoms with Gasteiger partial charge in [0.25, 0.3) is 6.29 Å². The highest BCUT2D eigenvalue weighted by Crippen LogP contribution is 2.10. The minimum atomic E-state index is -0.990. The first-order chi connectivity index (χ1) is 7.01. The molecule has 0 saturated carbocycles. The number of carbonyl (C=O) groups excluding carboxylic acids is 2. The Labute approximate surface area is 91.9 Å². The van der Waals surface area contributed by atoms with Gasteiger partial charge in [-0.05, 0) is 6.42 Å². The quantitative estimate of drug-likeness (QED) is 0.272. The Hall–Kier alpha value is -1.14. The van der Waals surface area contributed by atoms with E-state index in [-0.39, 0.29) is 0 Å². The molecule has 0 rings (SSSR count). The van der Waals surface area contributed by atoms with Crippen LogP contribution in [0.25, 0.3) is 0 Å². The third-order valence-corrected chi connectivity index (χ3v) is 2.18. The summed E-state index contributed by atoms with van der Waals surface area (Å²) in [6, 6.07) is 0. The fourth-order valence-corrected chi connectivity index (χ4v) is 1.40. The van der Waals surface area contributed by atoms with Gasteiger partial charge in [-0.1, -0.05) is 6.08 Å². The van der Waals surface area contributed by atoms with E-state index < -0.39 is 24.3 Å². The number of ether oxygens (including phenoxy) is 2. The summed E-state index contributed by atoms with van der Waals surface area (Å²) in [5.74, 6) is -1.04. The van der Waals surface area contributed by atoms with Crippen LogP contribution in [0.3, 0.4) is 0 Å². The first kappa shape index (κ1) is 13.9. The summed E-state index contributed by atoms with van der Waals surface area (Å²) in [5.41, 5.74) is 0. The van der Waals surface area contributed by atoms with Crippen LogP contribution in [0.4, 0.5) is 0 Å². The Morgan fingerprint density at radius 2 is 1.80 bits per heavy atom. The predicted molar refractivity (Wildman–Crippen MR) is 56.9 cm³/mol. The maximum Gasteiger partial charge on any atom is 0.305 e. The fourth-order valence-electron chi connectivity index (χ4n) is 0.986. The standard InChI is InChI=1S/C9H16O5Si/c1-4-5-8(14-15)9(12-6(2)10)13-7(3)11/h4,8-9H,1,5H2,2-3,15H3. The number of carbonyl (C=O) groups is 2. The zero-order chi connectivity index (χ0) is 11.8. The third kappa shape index (κ3) is 6.03. The van der Waals surface area contributed by atoms with Gasteiger partial charge < -0.3 is 13.9 Å². The van der Waals surface area contributed by atoms with Crippen molar-refractivity contribution in [2.24, 2.45) is 0 Å². The summed E-state index contributed by atoms with van der Waals surface area (Å²) in [6.45, 7) is 6.03. The molecule has 0 fully saturated rings. The molecule has 6 heteroatoms. The van der Waals surface area contributed by atoms with Crippen LogP contribution in [0.5, 0.6) is 0 Å². The summed E-state index contributed by atoms with van der Waals surface area (Å²) in [5, 5.41) is 0. The summed E-state index contributed by atoms with van der Waals surface area (Å²) in [6.07, 6.45) is 0.606. The first-order valence-corrected chi connectivity index (χ1v) is 5.31. The number of hydrogen-bond donors (Lipinski definition) is 0. The lowest BCUT2D eigenvalue weighted by molar-refractivity contribution is -0.200. The van der Waals surface area contributed by atoms with Gasteiger partial charge in [-0.15, -0.1) is 6.58 Å². The van der Waals surface area contributed by atoms with E-state index in [1.165, 1.54) is 13.8 Å². The molecule has 0 aromatic carbocycles. The van der Waals surface area contributed by atoms with Gasteiger partial charge in [0.1, 0.15) is 16.6 Å². The predicted octanol–water partition coefficient (Wildman–Crippen LogP) is -0.320. The van der Waals surface area contributed by atoms with Crippen molar-refractivity contribution in [2.45, 2.75) is 32.7 Å². The summed E-state index contributed by atoms with van der Waals surface area (Å²) < 4.78 is 14.8. The summed E-state index contributed by atoms with van der Waals surface area (Å²) in [4.78, 5) is 21.6. The second kappa shape index (κ2) is 7.19. The maximum atomic E-state index is 10.8. The van der Waals surface area contributed by atoms with Crippen molar-refractivity contribution in [1.29, 1.82) is 0 Å². The Bertz CT molecular complexity index is 225. The van der Waals surface area contributed by atoms with Crippen molar-refractivity contribution in [1.82, 2.24) is 0 Å². The molecule has 0 aliphatic rings. The minimum Gasteiger partial charge on any atom is -0.422 e. The molecule has 0 saturated heterocycles. The number of rotatable bonds is 6. The van der Waals surface area contributed by atoms with Gasteiger partial charge in [0.15, 0.2) is 0 Å². The van der Waals surface area contributed by atoms with Crippen LogP contribution < -0.4 is 0 Å². The second-order valence-electron chi connectivity index (χ2n) is 2.89. The van der Waals surface area contributed by atoms with Crippen molar-refractivity contribution in [3.8, 4) is 0 Å². The largest absolute Gasteiger partial charge is 0.422 e. The zero-order valence-electron chi connectivity index (χ0n) is 9.19. The van der Waals surface area contributed by atoms with E-state index in [4.69, 9.17) is 13.9 Å². The van der Waals surface area contributed by atoms with Gasteiger partial charge >= 0.3 is 11.9 Å². The van der Waals surface area contributed by atoms with Crippen LogP contribution in [0, 0.1) is 0 Å². The number of esters is 2. The molecule has 0 radical (unpaired) electrons.